The van der Waals surface area contributed by atoms with E-state index in [2.05, 4.69) is 0 Å². The zero-order valence-corrected chi connectivity index (χ0v) is 8.87. The van der Waals surface area contributed by atoms with Crippen molar-refractivity contribution in [3.8, 4) is 5.75 Å². The fraction of sp³-hybridized carbons (Fsp3) is 0.500. The standard InChI is InChI=1S/C12H16FNO/c1-8(14)10-4-5-11(13)12(6-10)15-7-9-2-3-9/h4-6,8-9H,2-3,7,14H2,1H3. The molecule has 1 aliphatic rings. The first kappa shape index (κ1) is 10.4. The van der Waals surface area contributed by atoms with Crippen LogP contribution in [0.1, 0.15) is 31.4 Å². The molecule has 1 saturated carbocycles. The average Bonchev–Trinajstić information content (AvgIpc) is 3.00. The van der Waals surface area contributed by atoms with Gasteiger partial charge < -0.3 is 10.5 Å². The summed E-state index contributed by atoms with van der Waals surface area (Å²) >= 11 is 0. The van der Waals surface area contributed by atoms with Crippen LogP contribution in [0.15, 0.2) is 18.2 Å². The van der Waals surface area contributed by atoms with Crippen molar-refractivity contribution in [1.82, 2.24) is 0 Å². The molecule has 2 nitrogen and oxygen atoms in total. The van der Waals surface area contributed by atoms with Crippen LogP contribution >= 0.6 is 0 Å². The second-order valence-corrected chi connectivity index (χ2v) is 4.23. The first-order valence-electron chi connectivity index (χ1n) is 5.34. The van der Waals surface area contributed by atoms with Gasteiger partial charge in [-0.3, -0.25) is 0 Å². The van der Waals surface area contributed by atoms with E-state index in [-0.39, 0.29) is 11.9 Å². The maximum absolute atomic E-state index is 13.3. The molecule has 82 valence electrons. The van der Waals surface area contributed by atoms with Gasteiger partial charge in [0.1, 0.15) is 0 Å². The lowest BCUT2D eigenvalue weighted by molar-refractivity contribution is 0.285. The van der Waals surface area contributed by atoms with Crippen LogP contribution in [0.2, 0.25) is 0 Å². The van der Waals surface area contributed by atoms with Crippen molar-refractivity contribution in [2.75, 3.05) is 6.61 Å². The highest BCUT2D eigenvalue weighted by molar-refractivity contribution is 5.31. The lowest BCUT2D eigenvalue weighted by Gasteiger charge is -2.10. The summed E-state index contributed by atoms with van der Waals surface area (Å²) in [5, 5.41) is 0. The number of benzene rings is 1. The number of rotatable bonds is 4. The molecule has 15 heavy (non-hydrogen) atoms. The highest BCUT2D eigenvalue weighted by Gasteiger charge is 2.22. The molecule has 0 bridgehead atoms. The van der Waals surface area contributed by atoms with Gasteiger partial charge in [-0.2, -0.15) is 0 Å². The normalized spacial score (nSPS) is 17.5. The molecule has 1 aliphatic carbocycles. The minimum atomic E-state index is -0.306. The van der Waals surface area contributed by atoms with E-state index in [0.29, 0.717) is 18.3 Å². The van der Waals surface area contributed by atoms with Gasteiger partial charge in [-0.05, 0) is 43.4 Å². The maximum atomic E-state index is 13.3. The topological polar surface area (TPSA) is 35.2 Å². The summed E-state index contributed by atoms with van der Waals surface area (Å²) in [4.78, 5) is 0. The van der Waals surface area contributed by atoms with Crippen LogP contribution in [0, 0.1) is 11.7 Å². The molecular weight excluding hydrogens is 193 g/mol. The van der Waals surface area contributed by atoms with Crippen LogP contribution in [0.3, 0.4) is 0 Å². The summed E-state index contributed by atoms with van der Waals surface area (Å²) in [5.74, 6) is 0.653. The molecule has 1 unspecified atom stereocenters. The van der Waals surface area contributed by atoms with Crippen molar-refractivity contribution < 1.29 is 9.13 Å². The van der Waals surface area contributed by atoms with Crippen LogP contribution in [0.5, 0.6) is 5.75 Å². The summed E-state index contributed by atoms with van der Waals surface area (Å²) < 4.78 is 18.8. The summed E-state index contributed by atoms with van der Waals surface area (Å²) in [7, 11) is 0. The molecule has 0 heterocycles. The van der Waals surface area contributed by atoms with Gasteiger partial charge in [0.25, 0.3) is 0 Å². The van der Waals surface area contributed by atoms with Gasteiger partial charge in [0.05, 0.1) is 6.61 Å². The van der Waals surface area contributed by atoms with E-state index in [1.165, 1.54) is 18.9 Å². The first-order chi connectivity index (χ1) is 7.16. The molecule has 1 fully saturated rings. The van der Waals surface area contributed by atoms with Gasteiger partial charge in [-0.15, -0.1) is 0 Å². The van der Waals surface area contributed by atoms with Crippen molar-refractivity contribution in [3.05, 3.63) is 29.6 Å². The van der Waals surface area contributed by atoms with E-state index in [0.717, 1.165) is 5.56 Å². The number of hydrogen-bond donors (Lipinski definition) is 1. The number of nitrogens with two attached hydrogens (primary N) is 1. The van der Waals surface area contributed by atoms with E-state index < -0.39 is 0 Å². The van der Waals surface area contributed by atoms with E-state index in [1.54, 1.807) is 12.1 Å². The van der Waals surface area contributed by atoms with E-state index >= 15 is 0 Å². The first-order valence-corrected chi connectivity index (χ1v) is 5.34. The Hall–Kier alpha value is -1.09. The minimum Gasteiger partial charge on any atom is -0.490 e. The largest absolute Gasteiger partial charge is 0.490 e. The van der Waals surface area contributed by atoms with Gasteiger partial charge in [-0.25, -0.2) is 4.39 Å². The highest BCUT2D eigenvalue weighted by Crippen LogP contribution is 2.30. The van der Waals surface area contributed by atoms with Crippen molar-refractivity contribution in [2.24, 2.45) is 11.7 Å². The number of hydrogen-bond acceptors (Lipinski definition) is 2. The lowest BCUT2D eigenvalue weighted by Crippen LogP contribution is -2.07. The Morgan fingerprint density at radius 3 is 2.87 bits per heavy atom. The average molecular weight is 209 g/mol. The molecule has 0 saturated heterocycles. The Labute approximate surface area is 89.2 Å². The van der Waals surface area contributed by atoms with Crippen LogP contribution in [-0.4, -0.2) is 6.61 Å². The predicted molar refractivity (Wildman–Crippen MR) is 57.2 cm³/mol. The van der Waals surface area contributed by atoms with E-state index in [9.17, 15) is 4.39 Å². The summed E-state index contributed by atoms with van der Waals surface area (Å²) in [6, 6.07) is 4.72. The van der Waals surface area contributed by atoms with E-state index in [1.807, 2.05) is 6.92 Å². The van der Waals surface area contributed by atoms with Crippen LogP contribution < -0.4 is 10.5 Å². The zero-order chi connectivity index (χ0) is 10.8. The molecule has 2 rings (SSSR count). The predicted octanol–water partition coefficient (Wildman–Crippen LogP) is 2.63. The van der Waals surface area contributed by atoms with Gasteiger partial charge in [0, 0.05) is 6.04 Å². The number of ether oxygens (including phenoxy) is 1. The molecule has 2 N–H and O–H groups in total. The van der Waals surface area contributed by atoms with Crippen molar-refractivity contribution >= 4 is 0 Å². The van der Waals surface area contributed by atoms with Crippen molar-refractivity contribution in [2.45, 2.75) is 25.8 Å². The molecule has 0 radical (unpaired) electrons. The quantitative estimate of drug-likeness (QED) is 0.827. The Balaban J connectivity index is 2.08. The Morgan fingerprint density at radius 2 is 2.27 bits per heavy atom. The smallest absolute Gasteiger partial charge is 0.165 e. The van der Waals surface area contributed by atoms with Gasteiger partial charge in [-0.1, -0.05) is 6.07 Å². The molecule has 1 aromatic carbocycles. The second-order valence-electron chi connectivity index (χ2n) is 4.23. The Bertz CT molecular complexity index is 347. The molecule has 3 heteroatoms. The molecular formula is C12H16FNO. The second kappa shape index (κ2) is 4.19. The summed E-state index contributed by atoms with van der Waals surface area (Å²) in [6.45, 7) is 2.50. The molecule has 1 atom stereocenters. The number of halogens is 1. The van der Waals surface area contributed by atoms with Crippen LogP contribution in [-0.2, 0) is 0 Å². The maximum Gasteiger partial charge on any atom is 0.165 e. The van der Waals surface area contributed by atoms with Gasteiger partial charge in [0.15, 0.2) is 11.6 Å². The van der Waals surface area contributed by atoms with E-state index in [4.69, 9.17) is 10.5 Å². The zero-order valence-electron chi connectivity index (χ0n) is 8.87. The van der Waals surface area contributed by atoms with Crippen LogP contribution in [0.25, 0.3) is 0 Å². The fourth-order valence-corrected chi connectivity index (χ4v) is 1.41. The summed E-state index contributed by atoms with van der Waals surface area (Å²) in [5.41, 5.74) is 6.63. The molecule has 0 spiro atoms. The summed E-state index contributed by atoms with van der Waals surface area (Å²) in [6.07, 6.45) is 2.41. The third kappa shape index (κ3) is 2.69. The molecule has 0 aromatic heterocycles. The minimum absolute atomic E-state index is 0.0890. The molecule has 0 amide bonds. The lowest BCUT2D eigenvalue weighted by atomic mass is 10.1. The van der Waals surface area contributed by atoms with Gasteiger partial charge >= 0.3 is 0 Å². The Morgan fingerprint density at radius 1 is 1.53 bits per heavy atom. The third-order valence-corrected chi connectivity index (χ3v) is 2.65. The third-order valence-electron chi connectivity index (χ3n) is 2.65. The molecule has 1 aromatic rings. The highest BCUT2D eigenvalue weighted by atomic mass is 19.1. The van der Waals surface area contributed by atoms with Gasteiger partial charge in [0.2, 0.25) is 0 Å². The fourth-order valence-electron chi connectivity index (χ4n) is 1.41. The molecule has 0 aliphatic heterocycles. The monoisotopic (exact) mass is 209 g/mol. The van der Waals surface area contributed by atoms with Crippen molar-refractivity contribution in [1.29, 1.82) is 0 Å². The van der Waals surface area contributed by atoms with Crippen LogP contribution in [0.4, 0.5) is 4.39 Å². The SMILES string of the molecule is CC(N)c1ccc(F)c(OCC2CC2)c1. The van der Waals surface area contributed by atoms with Crippen molar-refractivity contribution in [3.63, 3.8) is 0 Å². The Kier molecular flexibility index (Phi) is 2.91.